The number of anilines is 1. The fourth-order valence-corrected chi connectivity index (χ4v) is 4.30. The van der Waals surface area contributed by atoms with Gasteiger partial charge >= 0.3 is 17.8 Å². The number of H-pyrrole nitrogens is 1. The number of hydrogen-bond donors (Lipinski definition) is 1. The van der Waals surface area contributed by atoms with Crippen LogP contribution in [-0.2, 0) is 33.9 Å². The highest BCUT2D eigenvalue weighted by molar-refractivity contribution is 5.92. The molecule has 0 spiro atoms. The Kier molecular flexibility index (Phi) is 9.01. The van der Waals surface area contributed by atoms with Crippen molar-refractivity contribution in [1.82, 2.24) is 19.1 Å². The average Bonchev–Trinajstić information content (AvgIpc) is 3.38. The van der Waals surface area contributed by atoms with Gasteiger partial charge in [0.15, 0.2) is 5.65 Å². The van der Waals surface area contributed by atoms with Gasteiger partial charge in [-0.25, -0.2) is 19.0 Å². The van der Waals surface area contributed by atoms with Crippen LogP contribution in [0.5, 0.6) is 5.75 Å². The molecule has 1 amide bonds. The molecule has 2 aromatic heterocycles. The molecular weight excluding hydrogens is 578 g/mol. The summed E-state index contributed by atoms with van der Waals surface area (Å²) in [6.45, 7) is 2.77. The average molecular weight is 606 g/mol. The number of rotatable bonds is 9. The first-order valence-corrected chi connectivity index (χ1v) is 13.1. The molecule has 0 unspecified atom stereocenters. The van der Waals surface area contributed by atoms with Gasteiger partial charge in [0.05, 0.1) is 19.3 Å². The second-order valence-corrected chi connectivity index (χ2v) is 9.55. The Labute approximate surface area is 241 Å². The Balaban J connectivity index is 1.68. The number of hydroxylamine groups is 1. The number of aromatic amines is 1. The summed E-state index contributed by atoms with van der Waals surface area (Å²) >= 11 is 0. The van der Waals surface area contributed by atoms with Gasteiger partial charge in [0, 0.05) is 25.5 Å². The highest BCUT2D eigenvalue weighted by atomic mass is 19.4. The number of fused-ring (bicyclic) bond motifs is 1. The monoisotopic (exact) mass is 605 g/mol. The summed E-state index contributed by atoms with van der Waals surface area (Å²) in [5.74, 6) is -3.48. The van der Waals surface area contributed by atoms with Crippen molar-refractivity contribution in [3.63, 3.8) is 0 Å². The van der Waals surface area contributed by atoms with E-state index in [1.165, 1.54) is 54.1 Å². The molecule has 0 atom stereocenters. The first kappa shape index (κ1) is 31.0. The molecule has 2 aromatic carbocycles. The molecule has 15 heteroatoms. The number of nitrogens with one attached hydrogen (secondary N) is 1. The minimum Gasteiger partial charge on any atom is -0.497 e. The lowest BCUT2D eigenvalue weighted by atomic mass is 10.1. The highest BCUT2D eigenvalue weighted by Gasteiger charge is 2.43. The summed E-state index contributed by atoms with van der Waals surface area (Å²) in [4.78, 5) is 61.5. The fourth-order valence-electron chi connectivity index (χ4n) is 4.30. The Morgan fingerprint density at radius 1 is 1.07 bits per heavy atom. The summed E-state index contributed by atoms with van der Waals surface area (Å²) in [5.41, 5.74) is -0.679. The molecule has 0 bridgehead atoms. The van der Waals surface area contributed by atoms with Gasteiger partial charge in [-0.15, -0.1) is 5.06 Å². The zero-order valence-electron chi connectivity index (χ0n) is 23.3. The van der Waals surface area contributed by atoms with Crippen LogP contribution in [0.3, 0.4) is 0 Å². The summed E-state index contributed by atoms with van der Waals surface area (Å²) in [6, 6.07) is 9.49. The van der Waals surface area contributed by atoms with E-state index in [-0.39, 0.29) is 47.0 Å². The predicted molar refractivity (Wildman–Crippen MR) is 146 cm³/mol. The maximum Gasteiger partial charge on any atom is 0.493 e. The van der Waals surface area contributed by atoms with E-state index in [1.807, 2.05) is 6.92 Å². The first-order chi connectivity index (χ1) is 20.3. The number of aryl methyl sites for hydroxylation is 1. The molecule has 11 nitrogen and oxygen atoms in total. The third-order valence-corrected chi connectivity index (χ3v) is 6.46. The first-order valence-electron chi connectivity index (χ1n) is 13.1. The van der Waals surface area contributed by atoms with Crippen molar-refractivity contribution < 1.29 is 36.7 Å². The van der Waals surface area contributed by atoms with Gasteiger partial charge in [-0.05, 0) is 42.3 Å². The van der Waals surface area contributed by atoms with Crippen molar-refractivity contribution in [2.24, 2.45) is 0 Å². The lowest BCUT2D eigenvalue weighted by Gasteiger charge is -2.20. The standard InChI is InChI=1S/C28H27F4N5O6/c1-4-5-12-35-24-23(25(39)36(27(35)41)15-18-14-20(42-3)10-11-21(18)29)33-22(34-24)13-17-6-8-19(9-7-17)37(16(2)38)43-26(40)28(30,31)32/h6-11,14H,4-5,12-13,15H2,1-3H3,(H,33,34). The SMILES string of the molecule is CCCCn1c(=O)n(Cc2cc(OC)ccc2F)c(=O)c2[nH]c(Cc3ccc(N(OC(=O)C(F)(F)F)C(C)=O)cc3)nc21. The lowest BCUT2D eigenvalue weighted by molar-refractivity contribution is -0.201. The number of carbonyl (C=O) groups excluding carboxylic acids is 2. The predicted octanol–water partition coefficient (Wildman–Crippen LogP) is 3.85. The zero-order valence-corrected chi connectivity index (χ0v) is 23.3. The molecule has 0 aliphatic heterocycles. The molecule has 228 valence electrons. The van der Waals surface area contributed by atoms with E-state index in [0.29, 0.717) is 23.6 Å². The molecule has 0 fully saturated rings. The van der Waals surface area contributed by atoms with E-state index >= 15 is 0 Å². The molecule has 43 heavy (non-hydrogen) atoms. The molecule has 0 aliphatic carbocycles. The summed E-state index contributed by atoms with van der Waals surface area (Å²) in [6.07, 6.45) is -3.84. The topological polar surface area (TPSA) is 129 Å². The van der Waals surface area contributed by atoms with Gasteiger partial charge < -0.3 is 14.6 Å². The quantitative estimate of drug-likeness (QED) is 0.227. The largest absolute Gasteiger partial charge is 0.497 e. The van der Waals surface area contributed by atoms with E-state index in [9.17, 15) is 36.7 Å². The molecular formula is C28H27F4N5O6. The van der Waals surface area contributed by atoms with E-state index in [2.05, 4.69) is 14.8 Å². The molecule has 1 N–H and O–H groups in total. The smallest absolute Gasteiger partial charge is 0.493 e. The number of aromatic nitrogens is 4. The van der Waals surface area contributed by atoms with Crippen LogP contribution in [0.1, 0.15) is 43.6 Å². The number of nitrogens with zero attached hydrogens (tertiary/aromatic N) is 4. The Hall–Kier alpha value is -4.95. The van der Waals surface area contributed by atoms with Crippen LogP contribution in [0, 0.1) is 5.82 Å². The molecule has 2 heterocycles. The number of methoxy groups -OCH3 is 1. The molecule has 4 rings (SSSR count). The minimum atomic E-state index is -5.30. The number of imidazole rings is 1. The third kappa shape index (κ3) is 6.76. The van der Waals surface area contributed by atoms with Gasteiger partial charge in [-0.1, -0.05) is 25.5 Å². The number of amides is 1. The van der Waals surface area contributed by atoms with Crippen LogP contribution in [0.15, 0.2) is 52.1 Å². The van der Waals surface area contributed by atoms with Crippen molar-refractivity contribution in [2.75, 3.05) is 12.2 Å². The Morgan fingerprint density at radius 3 is 2.37 bits per heavy atom. The number of hydrogen-bond acceptors (Lipinski definition) is 7. The van der Waals surface area contributed by atoms with Crippen LogP contribution < -0.4 is 21.0 Å². The highest BCUT2D eigenvalue weighted by Crippen LogP contribution is 2.23. The van der Waals surface area contributed by atoms with Crippen molar-refractivity contribution in [3.8, 4) is 5.75 Å². The lowest BCUT2D eigenvalue weighted by Crippen LogP contribution is -2.40. The number of carbonyl (C=O) groups is 2. The van der Waals surface area contributed by atoms with Crippen LogP contribution in [0.4, 0.5) is 23.2 Å². The van der Waals surface area contributed by atoms with E-state index < -0.39 is 35.1 Å². The van der Waals surface area contributed by atoms with Crippen molar-refractivity contribution >= 4 is 28.7 Å². The maximum absolute atomic E-state index is 14.6. The van der Waals surface area contributed by atoms with Crippen LogP contribution in [0.25, 0.3) is 11.2 Å². The Morgan fingerprint density at radius 2 is 1.77 bits per heavy atom. The Bertz CT molecular complexity index is 1780. The number of unbranched alkanes of at least 4 members (excludes halogenated alkanes) is 1. The minimum absolute atomic E-state index is 0.0347. The normalized spacial score (nSPS) is 11.5. The number of alkyl halides is 3. The summed E-state index contributed by atoms with van der Waals surface area (Å²) < 4.78 is 59.8. The van der Waals surface area contributed by atoms with Crippen molar-refractivity contribution in [1.29, 1.82) is 0 Å². The summed E-state index contributed by atoms with van der Waals surface area (Å²) in [7, 11) is 1.41. The van der Waals surface area contributed by atoms with Crippen LogP contribution in [-0.4, -0.2) is 44.3 Å². The molecule has 0 aliphatic rings. The van der Waals surface area contributed by atoms with Crippen molar-refractivity contribution in [2.45, 2.75) is 52.4 Å². The summed E-state index contributed by atoms with van der Waals surface area (Å²) in [5, 5.41) is 0.223. The van der Waals surface area contributed by atoms with Crippen LogP contribution in [0.2, 0.25) is 0 Å². The molecule has 0 radical (unpaired) electrons. The maximum atomic E-state index is 14.6. The van der Waals surface area contributed by atoms with E-state index in [4.69, 9.17) is 4.74 Å². The molecule has 0 saturated carbocycles. The second-order valence-electron chi connectivity index (χ2n) is 9.55. The van der Waals surface area contributed by atoms with Gasteiger partial charge in [-0.2, -0.15) is 13.2 Å². The van der Waals surface area contributed by atoms with Crippen LogP contribution >= 0.6 is 0 Å². The number of ether oxygens (including phenoxy) is 1. The zero-order chi connectivity index (χ0) is 31.5. The molecule has 0 saturated heterocycles. The third-order valence-electron chi connectivity index (χ3n) is 6.46. The van der Waals surface area contributed by atoms with Gasteiger partial charge in [-0.3, -0.25) is 18.7 Å². The van der Waals surface area contributed by atoms with Gasteiger partial charge in [0.25, 0.3) is 11.5 Å². The molecule has 4 aromatic rings. The van der Waals surface area contributed by atoms with Crippen molar-refractivity contribution in [3.05, 3.63) is 86.1 Å². The fraction of sp³-hybridized carbons (Fsp3) is 0.321. The number of benzene rings is 2. The second kappa shape index (κ2) is 12.5. The number of halogens is 4. The van der Waals surface area contributed by atoms with E-state index in [0.717, 1.165) is 17.9 Å². The van der Waals surface area contributed by atoms with Gasteiger partial charge in [0.2, 0.25) is 0 Å². The van der Waals surface area contributed by atoms with E-state index in [1.54, 1.807) is 0 Å². The van der Waals surface area contributed by atoms with Gasteiger partial charge in [0.1, 0.15) is 22.9 Å².